The van der Waals surface area contributed by atoms with Gasteiger partial charge in [-0.05, 0) is 37.3 Å². The van der Waals surface area contributed by atoms with Crippen LogP contribution < -0.4 is 5.32 Å². The van der Waals surface area contributed by atoms with Crippen LogP contribution in [-0.4, -0.2) is 23.6 Å². The standard InChI is InChI=1S/C15H22N2O2/c1-10(2)14-12(5-4-8-19-14)15(18)17-13-9-16-7-6-11(13)3/h6-7,9-10,12,14H,4-5,8H2,1-3H3,(H,17,18)/t12-,14-/m1/s1. The highest BCUT2D eigenvalue weighted by atomic mass is 16.5. The summed E-state index contributed by atoms with van der Waals surface area (Å²) in [6.07, 6.45) is 5.29. The molecule has 1 saturated heterocycles. The number of anilines is 1. The second-order valence-electron chi connectivity index (χ2n) is 5.51. The highest BCUT2D eigenvalue weighted by Crippen LogP contribution is 2.27. The summed E-state index contributed by atoms with van der Waals surface area (Å²) in [6, 6.07) is 1.90. The molecule has 0 spiro atoms. The molecule has 4 nitrogen and oxygen atoms in total. The number of nitrogens with one attached hydrogen (secondary N) is 1. The van der Waals surface area contributed by atoms with Crippen molar-refractivity contribution in [3.8, 4) is 0 Å². The third kappa shape index (κ3) is 3.32. The van der Waals surface area contributed by atoms with E-state index in [-0.39, 0.29) is 17.9 Å². The topological polar surface area (TPSA) is 51.2 Å². The van der Waals surface area contributed by atoms with Crippen molar-refractivity contribution in [2.75, 3.05) is 11.9 Å². The molecule has 0 aromatic carbocycles. The molecule has 0 saturated carbocycles. The molecule has 1 amide bonds. The van der Waals surface area contributed by atoms with Crippen molar-refractivity contribution in [2.24, 2.45) is 11.8 Å². The normalized spacial score (nSPS) is 23.4. The number of rotatable bonds is 3. The number of aryl methyl sites for hydroxylation is 1. The molecule has 1 aliphatic rings. The molecule has 2 rings (SSSR count). The molecule has 1 N–H and O–H groups in total. The molecule has 4 heteroatoms. The van der Waals surface area contributed by atoms with Gasteiger partial charge in [0.2, 0.25) is 5.91 Å². The van der Waals surface area contributed by atoms with Crippen molar-refractivity contribution in [1.29, 1.82) is 0 Å². The summed E-state index contributed by atoms with van der Waals surface area (Å²) in [7, 11) is 0. The van der Waals surface area contributed by atoms with E-state index in [1.54, 1.807) is 12.4 Å². The van der Waals surface area contributed by atoms with Crippen LogP contribution in [0.4, 0.5) is 5.69 Å². The lowest BCUT2D eigenvalue weighted by Gasteiger charge is -2.33. The van der Waals surface area contributed by atoms with Gasteiger partial charge in [-0.1, -0.05) is 13.8 Å². The average Bonchev–Trinajstić information content (AvgIpc) is 2.41. The monoisotopic (exact) mass is 262 g/mol. The average molecular weight is 262 g/mol. The Kier molecular flexibility index (Phi) is 4.53. The number of hydrogen-bond donors (Lipinski definition) is 1. The minimum atomic E-state index is -0.0617. The largest absolute Gasteiger partial charge is 0.377 e. The van der Waals surface area contributed by atoms with E-state index in [1.165, 1.54) is 0 Å². The van der Waals surface area contributed by atoms with Crippen LogP contribution in [0.15, 0.2) is 18.5 Å². The Labute approximate surface area is 114 Å². The summed E-state index contributed by atoms with van der Waals surface area (Å²) in [4.78, 5) is 16.5. The fourth-order valence-corrected chi connectivity index (χ4v) is 2.56. The summed E-state index contributed by atoms with van der Waals surface area (Å²) in [5.74, 6) is 0.342. The SMILES string of the molecule is Cc1ccncc1NC(=O)[C@@H]1CCCO[C@@H]1C(C)C. The number of ether oxygens (including phenoxy) is 1. The highest BCUT2D eigenvalue weighted by molar-refractivity contribution is 5.93. The predicted molar refractivity (Wildman–Crippen MR) is 74.9 cm³/mol. The Balaban J connectivity index is 2.08. The van der Waals surface area contributed by atoms with Gasteiger partial charge in [0, 0.05) is 12.8 Å². The molecule has 2 atom stereocenters. The lowest BCUT2D eigenvalue weighted by molar-refractivity contribution is -0.131. The lowest BCUT2D eigenvalue weighted by atomic mass is 9.86. The fraction of sp³-hybridized carbons (Fsp3) is 0.600. The Morgan fingerprint density at radius 2 is 2.32 bits per heavy atom. The van der Waals surface area contributed by atoms with Gasteiger partial charge in [-0.3, -0.25) is 9.78 Å². The van der Waals surface area contributed by atoms with Crippen LogP contribution in [-0.2, 0) is 9.53 Å². The highest BCUT2D eigenvalue weighted by Gasteiger charge is 2.33. The van der Waals surface area contributed by atoms with Crippen LogP contribution in [0.1, 0.15) is 32.3 Å². The number of carbonyl (C=O) groups is 1. The zero-order chi connectivity index (χ0) is 13.8. The fourth-order valence-electron chi connectivity index (χ4n) is 2.56. The van der Waals surface area contributed by atoms with Gasteiger partial charge in [0.1, 0.15) is 0 Å². The molecule has 0 unspecified atom stereocenters. The second-order valence-corrected chi connectivity index (χ2v) is 5.51. The molecule has 0 aliphatic carbocycles. The lowest BCUT2D eigenvalue weighted by Crippen LogP contribution is -2.41. The second kappa shape index (κ2) is 6.15. The summed E-state index contributed by atoms with van der Waals surface area (Å²) in [5.41, 5.74) is 1.82. The zero-order valence-corrected chi connectivity index (χ0v) is 11.8. The predicted octanol–water partition coefficient (Wildman–Crippen LogP) is 2.78. The quantitative estimate of drug-likeness (QED) is 0.911. The van der Waals surface area contributed by atoms with Gasteiger partial charge in [0.25, 0.3) is 0 Å². The van der Waals surface area contributed by atoms with Crippen molar-refractivity contribution in [1.82, 2.24) is 4.98 Å². The molecule has 104 valence electrons. The third-order valence-electron chi connectivity index (χ3n) is 3.66. The van der Waals surface area contributed by atoms with E-state index in [1.807, 2.05) is 13.0 Å². The van der Waals surface area contributed by atoms with Crippen molar-refractivity contribution in [2.45, 2.75) is 39.7 Å². The van der Waals surface area contributed by atoms with E-state index in [0.29, 0.717) is 5.92 Å². The van der Waals surface area contributed by atoms with Crippen molar-refractivity contribution < 1.29 is 9.53 Å². The first-order valence-corrected chi connectivity index (χ1v) is 6.92. The molecular weight excluding hydrogens is 240 g/mol. The maximum atomic E-state index is 12.4. The number of nitrogens with zero attached hydrogens (tertiary/aromatic N) is 1. The van der Waals surface area contributed by atoms with Gasteiger partial charge in [-0.15, -0.1) is 0 Å². The van der Waals surface area contributed by atoms with Crippen LogP contribution in [0.5, 0.6) is 0 Å². The summed E-state index contributed by atoms with van der Waals surface area (Å²) in [6.45, 7) is 6.93. The van der Waals surface area contributed by atoms with Crippen molar-refractivity contribution in [3.05, 3.63) is 24.0 Å². The van der Waals surface area contributed by atoms with E-state index < -0.39 is 0 Å². The molecule has 0 bridgehead atoms. The Bertz CT molecular complexity index is 446. The number of pyridine rings is 1. The van der Waals surface area contributed by atoms with Crippen LogP contribution in [0.3, 0.4) is 0 Å². The maximum absolute atomic E-state index is 12.4. The zero-order valence-electron chi connectivity index (χ0n) is 11.8. The number of carbonyl (C=O) groups excluding carboxylic acids is 1. The molecular formula is C15H22N2O2. The van der Waals surface area contributed by atoms with Crippen LogP contribution in [0.25, 0.3) is 0 Å². The Morgan fingerprint density at radius 1 is 1.53 bits per heavy atom. The van der Waals surface area contributed by atoms with E-state index in [4.69, 9.17) is 4.74 Å². The molecule has 1 aliphatic heterocycles. The summed E-state index contributed by atoms with van der Waals surface area (Å²) in [5, 5.41) is 2.98. The minimum absolute atomic E-state index is 0.0192. The van der Waals surface area contributed by atoms with Crippen LogP contribution in [0, 0.1) is 18.8 Å². The van der Waals surface area contributed by atoms with Crippen molar-refractivity contribution >= 4 is 11.6 Å². The van der Waals surface area contributed by atoms with Crippen molar-refractivity contribution in [3.63, 3.8) is 0 Å². The minimum Gasteiger partial charge on any atom is -0.377 e. The van der Waals surface area contributed by atoms with E-state index in [9.17, 15) is 4.79 Å². The maximum Gasteiger partial charge on any atom is 0.230 e. The number of aromatic nitrogens is 1. The van der Waals surface area contributed by atoms with E-state index in [2.05, 4.69) is 24.1 Å². The van der Waals surface area contributed by atoms with E-state index in [0.717, 1.165) is 30.7 Å². The molecule has 19 heavy (non-hydrogen) atoms. The first-order valence-electron chi connectivity index (χ1n) is 6.92. The first-order chi connectivity index (χ1) is 9.09. The molecule has 1 aromatic heterocycles. The number of hydrogen-bond acceptors (Lipinski definition) is 3. The Morgan fingerprint density at radius 3 is 3.00 bits per heavy atom. The molecule has 0 radical (unpaired) electrons. The van der Waals surface area contributed by atoms with Gasteiger partial charge in [0.05, 0.1) is 23.9 Å². The van der Waals surface area contributed by atoms with Gasteiger partial charge >= 0.3 is 0 Å². The van der Waals surface area contributed by atoms with Gasteiger partial charge in [0.15, 0.2) is 0 Å². The first kappa shape index (κ1) is 14.0. The number of amides is 1. The van der Waals surface area contributed by atoms with E-state index >= 15 is 0 Å². The Hall–Kier alpha value is -1.42. The smallest absolute Gasteiger partial charge is 0.230 e. The molecule has 1 aromatic rings. The van der Waals surface area contributed by atoms with Gasteiger partial charge in [-0.25, -0.2) is 0 Å². The summed E-state index contributed by atoms with van der Waals surface area (Å²) < 4.78 is 5.76. The van der Waals surface area contributed by atoms with Crippen LogP contribution >= 0.6 is 0 Å². The van der Waals surface area contributed by atoms with Crippen LogP contribution in [0.2, 0.25) is 0 Å². The third-order valence-corrected chi connectivity index (χ3v) is 3.66. The molecule has 1 fully saturated rings. The van der Waals surface area contributed by atoms with Gasteiger partial charge < -0.3 is 10.1 Å². The summed E-state index contributed by atoms with van der Waals surface area (Å²) >= 11 is 0. The molecule has 2 heterocycles. The van der Waals surface area contributed by atoms with Gasteiger partial charge in [-0.2, -0.15) is 0 Å².